The molecule has 1 saturated heterocycles. The average molecular weight is 335 g/mol. The number of rotatable bonds is 3. The molecule has 0 spiro atoms. The van der Waals surface area contributed by atoms with Crippen molar-refractivity contribution in [3.05, 3.63) is 18.5 Å². The molecule has 6 nitrogen and oxygen atoms in total. The highest BCUT2D eigenvalue weighted by Crippen LogP contribution is 2.45. The van der Waals surface area contributed by atoms with Gasteiger partial charge < -0.3 is 20.8 Å². The van der Waals surface area contributed by atoms with E-state index in [0.717, 1.165) is 5.69 Å². The standard InChI is InChI=1S/C18H29N3O3/c1-11-9-21(14-6-7-20-8-13(14)19)10-12(18(11,5)24)15(16(22)23)17(2,3)4/h6-8,11-12,15,24H,9-10,19H2,1-5H3,(H,22,23)/t11-,12-,15?,18-/m0/s1. The molecule has 6 heteroatoms. The van der Waals surface area contributed by atoms with E-state index in [1.807, 2.05) is 33.8 Å². The van der Waals surface area contributed by atoms with Crippen LogP contribution in [0.25, 0.3) is 0 Å². The highest BCUT2D eigenvalue weighted by atomic mass is 16.4. The number of aliphatic hydroxyl groups is 1. The molecule has 0 bridgehead atoms. The van der Waals surface area contributed by atoms with Crippen molar-refractivity contribution in [3.63, 3.8) is 0 Å². The molecule has 1 fully saturated rings. The van der Waals surface area contributed by atoms with Gasteiger partial charge in [0.2, 0.25) is 0 Å². The fourth-order valence-corrected chi connectivity index (χ4v) is 3.85. The molecule has 4 atom stereocenters. The minimum Gasteiger partial charge on any atom is -0.481 e. The molecule has 0 aromatic carbocycles. The molecule has 1 unspecified atom stereocenters. The first-order chi connectivity index (χ1) is 11.0. The smallest absolute Gasteiger partial charge is 0.307 e. The summed E-state index contributed by atoms with van der Waals surface area (Å²) in [4.78, 5) is 18.1. The second-order valence-electron chi connectivity index (χ2n) is 8.25. The van der Waals surface area contributed by atoms with Crippen LogP contribution in [0.5, 0.6) is 0 Å². The number of hydrogen-bond donors (Lipinski definition) is 3. The Morgan fingerprint density at radius 1 is 1.46 bits per heavy atom. The molecule has 1 aromatic heterocycles. The molecule has 0 amide bonds. The van der Waals surface area contributed by atoms with Crippen molar-refractivity contribution >= 4 is 17.3 Å². The summed E-state index contributed by atoms with van der Waals surface area (Å²) in [5, 5.41) is 20.9. The number of carboxylic acid groups (broad SMARTS) is 1. The van der Waals surface area contributed by atoms with Crippen molar-refractivity contribution < 1.29 is 15.0 Å². The molecule has 1 aromatic rings. The van der Waals surface area contributed by atoms with Crippen molar-refractivity contribution in [1.29, 1.82) is 0 Å². The van der Waals surface area contributed by atoms with Gasteiger partial charge in [-0.2, -0.15) is 0 Å². The number of nitrogens with two attached hydrogens (primary N) is 1. The van der Waals surface area contributed by atoms with Gasteiger partial charge >= 0.3 is 5.97 Å². The maximum Gasteiger partial charge on any atom is 0.307 e. The molecular weight excluding hydrogens is 306 g/mol. The van der Waals surface area contributed by atoms with Crippen LogP contribution < -0.4 is 10.6 Å². The third-order valence-electron chi connectivity index (χ3n) is 5.43. The summed E-state index contributed by atoms with van der Waals surface area (Å²) in [6, 6.07) is 1.84. The van der Waals surface area contributed by atoms with E-state index < -0.39 is 28.8 Å². The fourth-order valence-electron chi connectivity index (χ4n) is 3.85. The van der Waals surface area contributed by atoms with Crippen LogP contribution in [0.15, 0.2) is 18.5 Å². The van der Waals surface area contributed by atoms with Crippen LogP contribution in [0.4, 0.5) is 11.4 Å². The molecule has 4 N–H and O–H groups in total. The van der Waals surface area contributed by atoms with E-state index in [4.69, 9.17) is 5.73 Å². The van der Waals surface area contributed by atoms with Gasteiger partial charge in [-0.15, -0.1) is 0 Å². The molecule has 2 rings (SSSR count). The van der Waals surface area contributed by atoms with Gasteiger partial charge in [-0.3, -0.25) is 9.78 Å². The molecule has 1 aliphatic heterocycles. The lowest BCUT2D eigenvalue weighted by molar-refractivity contribution is -0.159. The molecule has 0 saturated carbocycles. The normalized spacial score (nSPS) is 29.3. The van der Waals surface area contributed by atoms with Gasteiger partial charge in [-0.1, -0.05) is 27.7 Å². The highest BCUT2D eigenvalue weighted by Gasteiger charge is 2.52. The third-order valence-corrected chi connectivity index (χ3v) is 5.43. The number of anilines is 2. The van der Waals surface area contributed by atoms with E-state index in [0.29, 0.717) is 18.8 Å². The SMILES string of the molecule is C[C@H]1CN(c2ccncc2N)C[C@@H](C(C(=O)O)C(C)(C)C)[C@@]1(C)O. The number of piperidine rings is 1. The van der Waals surface area contributed by atoms with Crippen molar-refractivity contribution in [2.75, 3.05) is 23.7 Å². The third kappa shape index (κ3) is 3.34. The number of carboxylic acids is 1. The Bertz CT molecular complexity index is 610. The molecular formula is C18H29N3O3. The predicted molar refractivity (Wildman–Crippen MR) is 94.7 cm³/mol. The van der Waals surface area contributed by atoms with E-state index in [1.165, 1.54) is 0 Å². The Kier molecular flexibility index (Phi) is 4.81. The number of aliphatic carboxylic acids is 1. The summed E-state index contributed by atoms with van der Waals surface area (Å²) in [6.45, 7) is 10.5. The van der Waals surface area contributed by atoms with Gasteiger partial charge in [0.15, 0.2) is 0 Å². The van der Waals surface area contributed by atoms with Crippen LogP contribution in [0.2, 0.25) is 0 Å². The van der Waals surface area contributed by atoms with Crippen LogP contribution in [-0.4, -0.2) is 39.9 Å². The van der Waals surface area contributed by atoms with Crippen molar-refractivity contribution in [3.8, 4) is 0 Å². The number of carbonyl (C=O) groups is 1. The van der Waals surface area contributed by atoms with Crippen molar-refractivity contribution in [2.24, 2.45) is 23.2 Å². The summed E-state index contributed by atoms with van der Waals surface area (Å²) >= 11 is 0. The van der Waals surface area contributed by atoms with Gasteiger partial charge in [0.05, 0.1) is 29.1 Å². The summed E-state index contributed by atoms with van der Waals surface area (Å²) in [7, 11) is 0. The van der Waals surface area contributed by atoms with E-state index in [1.54, 1.807) is 19.3 Å². The van der Waals surface area contributed by atoms with E-state index in [-0.39, 0.29) is 5.92 Å². The zero-order chi connectivity index (χ0) is 18.3. The van der Waals surface area contributed by atoms with E-state index in [9.17, 15) is 15.0 Å². The summed E-state index contributed by atoms with van der Waals surface area (Å²) in [5.74, 6) is -2.04. The van der Waals surface area contributed by atoms with Gasteiger partial charge in [0, 0.05) is 31.1 Å². The first-order valence-corrected chi connectivity index (χ1v) is 8.36. The second kappa shape index (κ2) is 6.24. The predicted octanol–water partition coefficient (Wildman–Crippen LogP) is 2.23. The quantitative estimate of drug-likeness (QED) is 0.783. The first-order valence-electron chi connectivity index (χ1n) is 8.36. The number of nitrogens with zero attached hydrogens (tertiary/aromatic N) is 2. The number of nitrogen functional groups attached to an aromatic ring is 1. The molecule has 24 heavy (non-hydrogen) atoms. The number of hydrogen-bond acceptors (Lipinski definition) is 5. The highest BCUT2D eigenvalue weighted by molar-refractivity contribution is 5.72. The Hall–Kier alpha value is -1.82. The van der Waals surface area contributed by atoms with Gasteiger partial charge in [-0.25, -0.2) is 0 Å². The first kappa shape index (κ1) is 18.5. The molecule has 1 aliphatic rings. The van der Waals surface area contributed by atoms with E-state index >= 15 is 0 Å². The Balaban J connectivity index is 2.44. The van der Waals surface area contributed by atoms with Gasteiger partial charge in [0.1, 0.15) is 0 Å². The largest absolute Gasteiger partial charge is 0.481 e. The minimum atomic E-state index is -1.06. The van der Waals surface area contributed by atoms with Crippen LogP contribution >= 0.6 is 0 Å². The van der Waals surface area contributed by atoms with Crippen LogP contribution in [0.3, 0.4) is 0 Å². The summed E-state index contributed by atoms with van der Waals surface area (Å²) in [5.41, 5.74) is 5.93. The van der Waals surface area contributed by atoms with Crippen LogP contribution in [0.1, 0.15) is 34.6 Å². The molecule has 0 aliphatic carbocycles. The maximum atomic E-state index is 12.0. The average Bonchev–Trinajstić information content (AvgIpc) is 2.42. The van der Waals surface area contributed by atoms with Crippen molar-refractivity contribution in [1.82, 2.24) is 4.98 Å². The molecule has 2 heterocycles. The summed E-state index contributed by atoms with van der Waals surface area (Å²) < 4.78 is 0. The molecule has 134 valence electrons. The summed E-state index contributed by atoms with van der Waals surface area (Å²) in [6.07, 6.45) is 3.27. The van der Waals surface area contributed by atoms with E-state index in [2.05, 4.69) is 9.88 Å². The monoisotopic (exact) mass is 335 g/mol. The topological polar surface area (TPSA) is 99.7 Å². The zero-order valence-corrected chi connectivity index (χ0v) is 15.2. The van der Waals surface area contributed by atoms with Crippen LogP contribution in [0, 0.1) is 23.2 Å². The van der Waals surface area contributed by atoms with Crippen molar-refractivity contribution in [2.45, 2.75) is 40.2 Å². The van der Waals surface area contributed by atoms with Crippen LogP contribution in [-0.2, 0) is 4.79 Å². The lowest BCUT2D eigenvalue weighted by Gasteiger charge is -2.52. The fraction of sp³-hybridized carbons (Fsp3) is 0.667. The van der Waals surface area contributed by atoms with Gasteiger partial charge in [0.25, 0.3) is 0 Å². The second-order valence-corrected chi connectivity index (χ2v) is 8.25. The lowest BCUT2D eigenvalue weighted by Crippen LogP contribution is -2.61. The van der Waals surface area contributed by atoms with Gasteiger partial charge in [-0.05, 0) is 18.4 Å². The zero-order valence-electron chi connectivity index (χ0n) is 15.2. The lowest BCUT2D eigenvalue weighted by atomic mass is 9.62. The number of pyridine rings is 1. The Labute approximate surface area is 143 Å². The maximum absolute atomic E-state index is 12.0. The molecule has 0 radical (unpaired) electrons. The number of aromatic nitrogens is 1. The minimum absolute atomic E-state index is 0.0898. The Morgan fingerprint density at radius 3 is 2.58 bits per heavy atom. The Morgan fingerprint density at radius 2 is 2.08 bits per heavy atom.